The quantitative estimate of drug-likeness (QED) is 0.172. The van der Waals surface area contributed by atoms with Crippen LogP contribution in [0.4, 0.5) is 0 Å². The van der Waals surface area contributed by atoms with E-state index in [1.165, 1.54) is 33.0 Å². The molecule has 10 rings (SSSR count). The molecule has 2 heteroatoms. The minimum absolute atomic E-state index is 0.121. The highest BCUT2D eigenvalue weighted by Gasteiger charge is 2.46. The van der Waals surface area contributed by atoms with Crippen LogP contribution in [0.3, 0.4) is 0 Å². The predicted octanol–water partition coefficient (Wildman–Crippen LogP) is 13.8. The van der Waals surface area contributed by atoms with Gasteiger partial charge < -0.3 is 10.2 Å². The number of benzene rings is 8. The molecule has 0 unspecified atom stereocenters. The van der Waals surface area contributed by atoms with Crippen LogP contribution in [0.1, 0.15) is 139 Å². The zero-order valence-electron chi connectivity index (χ0n) is 36.3. The molecular weight excluding hydrogens is 705 g/mol. The van der Waals surface area contributed by atoms with Gasteiger partial charge in [-0.25, -0.2) is 0 Å². The summed E-state index contributed by atoms with van der Waals surface area (Å²) in [6.45, 7) is 27.1. The highest BCUT2D eigenvalue weighted by Crippen LogP contribution is 2.59. The molecule has 0 saturated carbocycles. The molecule has 0 atom stereocenters. The molecule has 0 fully saturated rings. The van der Waals surface area contributed by atoms with Gasteiger partial charge >= 0.3 is 0 Å². The van der Waals surface area contributed by atoms with E-state index in [1.807, 2.05) is 0 Å². The lowest BCUT2D eigenvalue weighted by Crippen LogP contribution is -2.34. The highest BCUT2D eigenvalue weighted by molar-refractivity contribution is 6.43. The van der Waals surface area contributed by atoms with Crippen LogP contribution >= 0.6 is 0 Å². The molecule has 0 saturated heterocycles. The van der Waals surface area contributed by atoms with Crippen molar-refractivity contribution in [2.24, 2.45) is 0 Å². The SMILES string of the molecule is CC(C)(C)c1cc(C(C)(C)C)cc(C2(O)c3cccc4c5cccc6c5c5c7c(cccc7c7cccc2c7c5c34)C6(O)c2cc(C(C)(C)C)cc(C(C)(C)C)c2)c1. The van der Waals surface area contributed by atoms with Crippen LogP contribution in [-0.4, -0.2) is 10.2 Å². The van der Waals surface area contributed by atoms with Gasteiger partial charge in [-0.2, -0.15) is 0 Å². The van der Waals surface area contributed by atoms with Crippen molar-refractivity contribution >= 4 is 53.9 Å². The third-order valence-corrected chi connectivity index (χ3v) is 13.8. The number of fused-ring (bicyclic) bond motifs is 2. The fourth-order valence-electron chi connectivity index (χ4n) is 10.5. The maximum absolute atomic E-state index is 13.9. The molecule has 58 heavy (non-hydrogen) atoms. The van der Waals surface area contributed by atoms with Crippen molar-refractivity contribution in [1.29, 1.82) is 0 Å². The van der Waals surface area contributed by atoms with Crippen LogP contribution in [-0.2, 0) is 32.9 Å². The van der Waals surface area contributed by atoms with E-state index in [9.17, 15) is 10.2 Å². The number of hydrogen-bond donors (Lipinski definition) is 2. The van der Waals surface area contributed by atoms with E-state index in [0.717, 1.165) is 76.5 Å². The Morgan fingerprint density at radius 1 is 0.310 bits per heavy atom. The van der Waals surface area contributed by atoms with Gasteiger partial charge in [0.15, 0.2) is 0 Å². The van der Waals surface area contributed by atoms with Gasteiger partial charge in [0, 0.05) is 22.3 Å². The van der Waals surface area contributed by atoms with Crippen LogP contribution in [0.2, 0.25) is 0 Å². The smallest absolute Gasteiger partial charge is 0.141 e. The minimum Gasteiger partial charge on any atom is -0.376 e. The summed E-state index contributed by atoms with van der Waals surface area (Å²) >= 11 is 0. The van der Waals surface area contributed by atoms with E-state index < -0.39 is 11.2 Å². The number of rotatable bonds is 2. The first-order valence-electron chi connectivity index (χ1n) is 21.1. The van der Waals surface area contributed by atoms with Crippen molar-refractivity contribution in [3.05, 3.63) is 165 Å². The fraction of sp³-hybridized carbons (Fsp3) is 0.321. The maximum Gasteiger partial charge on any atom is 0.141 e. The first-order valence-corrected chi connectivity index (χ1v) is 21.1. The van der Waals surface area contributed by atoms with E-state index in [2.05, 4.69) is 192 Å². The summed E-state index contributed by atoms with van der Waals surface area (Å²) in [7, 11) is 0. The molecule has 0 bridgehead atoms. The van der Waals surface area contributed by atoms with Gasteiger partial charge in [0.05, 0.1) is 0 Å². The van der Waals surface area contributed by atoms with Crippen molar-refractivity contribution in [2.75, 3.05) is 0 Å². The Balaban J connectivity index is 1.42. The Hall–Kier alpha value is -5.02. The average molecular weight is 761 g/mol. The lowest BCUT2D eigenvalue weighted by Gasteiger charge is -2.41. The molecule has 0 heterocycles. The van der Waals surface area contributed by atoms with E-state index in [4.69, 9.17) is 0 Å². The Morgan fingerprint density at radius 3 is 0.741 bits per heavy atom. The molecule has 2 nitrogen and oxygen atoms in total. The minimum atomic E-state index is -1.42. The summed E-state index contributed by atoms with van der Waals surface area (Å²) in [4.78, 5) is 0. The Kier molecular flexibility index (Phi) is 7.31. The standard InChI is InChI=1S/C56H56O2/c1-51(2,3)31-25-32(52(4,5)6)28-35(27-31)55(57)41-21-13-17-37-39-19-15-23-43-47(39)50-48-40(38-18-14-22-42(55)46(38)49(50)45(37)41)20-16-24-44(48)56(43,58)36-29-33(53(7,8)9)26-34(30-36)54(10,11)12/h13-30,57-58H,1-12H3. The molecule has 2 aliphatic rings. The summed E-state index contributed by atoms with van der Waals surface area (Å²) in [6, 6.07) is 39.7. The lowest BCUT2D eigenvalue weighted by molar-refractivity contribution is 0.127. The molecular formula is C56H56O2. The van der Waals surface area contributed by atoms with Crippen molar-refractivity contribution in [1.82, 2.24) is 0 Å². The summed E-state index contributed by atoms with van der Waals surface area (Å²) < 4.78 is 0. The summed E-state index contributed by atoms with van der Waals surface area (Å²) in [5.74, 6) is 0. The summed E-state index contributed by atoms with van der Waals surface area (Å²) in [5.41, 5.74) is 6.98. The van der Waals surface area contributed by atoms with Crippen molar-refractivity contribution < 1.29 is 10.2 Å². The van der Waals surface area contributed by atoms with Crippen LogP contribution in [0.5, 0.6) is 0 Å². The second-order valence-corrected chi connectivity index (χ2v) is 21.7. The highest BCUT2D eigenvalue weighted by atomic mass is 16.3. The summed E-state index contributed by atoms with van der Waals surface area (Å²) in [6.07, 6.45) is 0. The molecule has 0 aliphatic heterocycles. The van der Waals surface area contributed by atoms with Crippen LogP contribution in [0.15, 0.2) is 109 Å². The van der Waals surface area contributed by atoms with Crippen LogP contribution in [0.25, 0.3) is 53.9 Å². The number of hydrogen-bond acceptors (Lipinski definition) is 2. The monoisotopic (exact) mass is 760 g/mol. The second kappa shape index (κ2) is 11.4. The van der Waals surface area contributed by atoms with Crippen molar-refractivity contribution in [3.63, 3.8) is 0 Å². The third kappa shape index (κ3) is 4.79. The molecule has 292 valence electrons. The zero-order chi connectivity index (χ0) is 41.3. The average Bonchev–Trinajstić information content (AvgIpc) is 3.16. The van der Waals surface area contributed by atoms with E-state index >= 15 is 0 Å². The Morgan fingerprint density at radius 2 is 0.534 bits per heavy atom. The molecule has 8 aromatic rings. The fourth-order valence-corrected chi connectivity index (χ4v) is 10.5. The Labute approximate surface area is 343 Å². The Bertz CT molecular complexity index is 2710. The van der Waals surface area contributed by atoms with Gasteiger partial charge in [0.1, 0.15) is 11.2 Å². The first-order chi connectivity index (χ1) is 27.1. The summed E-state index contributed by atoms with van der Waals surface area (Å²) in [5, 5.41) is 39.0. The zero-order valence-corrected chi connectivity index (χ0v) is 36.3. The van der Waals surface area contributed by atoms with Crippen molar-refractivity contribution in [3.8, 4) is 0 Å². The van der Waals surface area contributed by atoms with Gasteiger partial charge in [-0.1, -0.05) is 192 Å². The third-order valence-electron chi connectivity index (χ3n) is 13.8. The van der Waals surface area contributed by atoms with Gasteiger partial charge in [-0.05, 0) is 109 Å². The van der Waals surface area contributed by atoms with Gasteiger partial charge in [0.25, 0.3) is 0 Å². The predicted molar refractivity (Wildman–Crippen MR) is 246 cm³/mol. The number of aliphatic hydroxyl groups is 2. The molecule has 2 N–H and O–H groups in total. The molecule has 0 amide bonds. The second-order valence-electron chi connectivity index (χ2n) is 21.7. The topological polar surface area (TPSA) is 40.5 Å². The van der Waals surface area contributed by atoms with Crippen molar-refractivity contribution in [2.45, 2.75) is 116 Å². The largest absolute Gasteiger partial charge is 0.376 e. The molecule has 0 aromatic heterocycles. The molecule has 2 aliphatic carbocycles. The maximum atomic E-state index is 13.9. The van der Waals surface area contributed by atoms with Crippen LogP contribution < -0.4 is 0 Å². The molecule has 0 radical (unpaired) electrons. The van der Waals surface area contributed by atoms with Gasteiger partial charge in [0.2, 0.25) is 0 Å². The van der Waals surface area contributed by atoms with Crippen LogP contribution in [0, 0.1) is 0 Å². The first kappa shape index (κ1) is 37.3. The lowest BCUT2D eigenvalue weighted by atomic mass is 9.65. The molecule has 8 aromatic carbocycles. The van der Waals surface area contributed by atoms with E-state index in [0.29, 0.717) is 0 Å². The van der Waals surface area contributed by atoms with E-state index in [-0.39, 0.29) is 21.7 Å². The van der Waals surface area contributed by atoms with Gasteiger partial charge in [-0.15, -0.1) is 0 Å². The van der Waals surface area contributed by atoms with Gasteiger partial charge in [-0.3, -0.25) is 0 Å². The normalized spacial score (nSPS) is 16.0. The molecule has 0 spiro atoms. The van der Waals surface area contributed by atoms with E-state index in [1.54, 1.807) is 0 Å².